The van der Waals surface area contributed by atoms with Crippen molar-refractivity contribution in [3.63, 3.8) is 0 Å². The predicted molar refractivity (Wildman–Crippen MR) is 267 cm³/mol. The minimum absolute atomic E-state index is 0.0121. The predicted octanol–water partition coefficient (Wildman–Crippen LogP) is 14.3. The van der Waals surface area contributed by atoms with E-state index in [0.717, 1.165) is 53.0 Å². The average molecular weight is 958 g/mol. The fourth-order valence-electron chi connectivity index (χ4n) is 7.36. The maximum Gasteiger partial charge on any atom is 0.262 e. The van der Waals surface area contributed by atoms with E-state index in [1.54, 1.807) is 24.4 Å². The second kappa shape index (κ2) is 31.7. The van der Waals surface area contributed by atoms with Crippen molar-refractivity contribution in [3.8, 4) is 0 Å². The molecule has 0 spiro atoms. The summed E-state index contributed by atoms with van der Waals surface area (Å²) in [5.74, 6) is 0.860. The van der Waals surface area contributed by atoms with Crippen LogP contribution >= 0.6 is 23.2 Å². The Morgan fingerprint density at radius 3 is 1.71 bits per heavy atom. The second-order valence-corrected chi connectivity index (χ2v) is 19.1. The highest BCUT2D eigenvalue weighted by Crippen LogP contribution is 2.30. The molecule has 0 aliphatic carbocycles. The largest absolute Gasteiger partial charge is 0.295 e. The number of ketones is 2. The van der Waals surface area contributed by atoms with Crippen LogP contribution in [0.25, 0.3) is 0 Å². The standard InChI is InChI=1S/C14H11FN2O4.C11H24.C10H10Cl2O.C10H22.C8H12N2O/c1-6-4-7-8(5-9(6)15)14(21)17(13(7)20)10-2-3-11(18)16-12(10)19;1-5-7-11(4)9-8-10(3)6-2;1-2-4-9(13)10-7(11)5-3-6-8(10)12;1-5-6-10(4)8-7-9(2)3;1-3-4-7(11)8-6(2)5-9-10-8/h4-5,10H,2-3H2,1H3,(H,16,18,19);10-11H,5-9H2,1-4H3;3,5-6H,2,4H2,1H3;9-10H,5-8H2,1-4H3;5H,3-4H2,1-2H3,(H,9,10). The summed E-state index contributed by atoms with van der Waals surface area (Å²) >= 11 is 11.7. The zero-order valence-electron chi connectivity index (χ0n) is 41.9. The number of aryl methyl sites for hydroxylation is 2. The molecule has 2 aliphatic heterocycles. The molecule has 5 rings (SSSR count). The Balaban J connectivity index is 0.000000429. The molecule has 2 N–H and O–H groups in total. The molecule has 2 aromatic carbocycles. The van der Waals surface area contributed by atoms with Gasteiger partial charge in [0.1, 0.15) is 17.6 Å². The van der Waals surface area contributed by atoms with E-state index in [1.807, 2.05) is 20.8 Å². The van der Waals surface area contributed by atoms with Crippen molar-refractivity contribution in [2.75, 3.05) is 0 Å². The normalized spacial score (nSPS) is 15.4. The van der Waals surface area contributed by atoms with Crippen LogP contribution in [0.1, 0.15) is 218 Å². The van der Waals surface area contributed by atoms with Crippen molar-refractivity contribution >= 4 is 58.4 Å². The van der Waals surface area contributed by atoms with Gasteiger partial charge in [-0.25, -0.2) is 4.39 Å². The zero-order chi connectivity index (χ0) is 50.1. The minimum Gasteiger partial charge on any atom is -0.295 e. The van der Waals surface area contributed by atoms with E-state index in [9.17, 15) is 33.2 Å². The van der Waals surface area contributed by atoms with Gasteiger partial charge in [0.15, 0.2) is 11.6 Å². The van der Waals surface area contributed by atoms with Crippen molar-refractivity contribution in [2.45, 2.75) is 185 Å². The monoisotopic (exact) mass is 957 g/mol. The summed E-state index contributed by atoms with van der Waals surface area (Å²) in [5.41, 5.74) is 2.33. The van der Waals surface area contributed by atoms with Gasteiger partial charge in [0.25, 0.3) is 11.8 Å². The molecule has 4 amide bonds. The van der Waals surface area contributed by atoms with Gasteiger partial charge in [0.2, 0.25) is 11.8 Å². The summed E-state index contributed by atoms with van der Waals surface area (Å²) < 4.78 is 13.6. The Morgan fingerprint density at radius 2 is 1.24 bits per heavy atom. The van der Waals surface area contributed by atoms with E-state index in [1.165, 1.54) is 70.8 Å². The molecule has 4 unspecified atom stereocenters. The van der Waals surface area contributed by atoms with E-state index in [4.69, 9.17) is 23.2 Å². The molecule has 3 heterocycles. The number of piperidine rings is 1. The Labute approximate surface area is 405 Å². The number of carbonyl (C=O) groups is 6. The third-order valence-electron chi connectivity index (χ3n) is 11.7. The molecule has 1 saturated heterocycles. The number of imide groups is 2. The van der Waals surface area contributed by atoms with Gasteiger partial charge < -0.3 is 0 Å². The lowest BCUT2D eigenvalue weighted by Crippen LogP contribution is -2.54. The number of hydrogen-bond acceptors (Lipinski definition) is 7. The minimum atomic E-state index is -1.03. The average Bonchev–Trinajstić information content (AvgIpc) is 3.79. The highest BCUT2D eigenvalue weighted by atomic mass is 35.5. The van der Waals surface area contributed by atoms with Crippen molar-refractivity contribution in [1.82, 2.24) is 20.4 Å². The molecule has 0 bridgehead atoms. The van der Waals surface area contributed by atoms with Gasteiger partial charge >= 0.3 is 0 Å². The molecular formula is C53H79Cl2FN4O6. The highest BCUT2D eigenvalue weighted by molar-refractivity contribution is 6.39. The lowest BCUT2D eigenvalue weighted by atomic mass is 9.94. The Kier molecular flexibility index (Phi) is 28.7. The smallest absolute Gasteiger partial charge is 0.262 e. The number of H-pyrrole nitrogens is 1. The molecule has 1 aromatic heterocycles. The molecule has 368 valence electrons. The topological polar surface area (TPSA) is 146 Å². The van der Waals surface area contributed by atoms with Crippen LogP contribution < -0.4 is 5.32 Å². The summed E-state index contributed by atoms with van der Waals surface area (Å²) in [6.45, 7) is 25.9. The number of nitrogens with one attached hydrogen (secondary N) is 2. The number of amides is 4. The van der Waals surface area contributed by atoms with Gasteiger partial charge in [-0.2, -0.15) is 5.10 Å². The van der Waals surface area contributed by atoms with Crippen molar-refractivity contribution in [3.05, 3.63) is 85.9 Å². The first kappa shape index (κ1) is 59.8. The number of halogens is 3. The van der Waals surface area contributed by atoms with E-state index >= 15 is 0 Å². The zero-order valence-corrected chi connectivity index (χ0v) is 43.4. The first-order chi connectivity index (χ1) is 31.2. The molecule has 3 aromatic rings. The van der Waals surface area contributed by atoms with Gasteiger partial charge in [-0.1, -0.05) is 156 Å². The Bertz CT molecular complexity index is 1960. The van der Waals surface area contributed by atoms with Crippen LogP contribution in [0.5, 0.6) is 0 Å². The number of fused-ring (bicyclic) bond motifs is 1. The highest BCUT2D eigenvalue weighted by Gasteiger charge is 2.45. The number of hydrogen-bond donors (Lipinski definition) is 2. The molecule has 2 aliphatic rings. The van der Waals surface area contributed by atoms with Crippen molar-refractivity contribution in [1.29, 1.82) is 0 Å². The third-order valence-corrected chi connectivity index (χ3v) is 12.3. The molecule has 0 saturated carbocycles. The summed E-state index contributed by atoms with van der Waals surface area (Å²) in [6.07, 6.45) is 17.1. The summed E-state index contributed by atoms with van der Waals surface area (Å²) in [7, 11) is 0. The maximum atomic E-state index is 13.6. The molecule has 4 atom stereocenters. The van der Waals surface area contributed by atoms with E-state index in [0.29, 0.717) is 34.1 Å². The Morgan fingerprint density at radius 1 is 0.727 bits per heavy atom. The van der Waals surface area contributed by atoms with Crippen LogP contribution in [0.4, 0.5) is 4.39 Å². The fourth-order valence-corrected chi connectivity index (χ4v) is 7.97. The van der Waals surface area contributed by atoms with Crippen molar-refractivity contribution in [2.24, 2.45) is 23.7 Å². The SMILES string of the molecule is CCCC(=O)c1[nH]ncc1C.CCCC(=O)c1c(Cl)cccc1Cl.CCCC(C)CCC(C)C.CCCC(C)CCC(C)CC.Cc1cc2c(cc1F)C(=O)N(C1CCC(=O)NC1=O)C2=O. The summed E-state index contributed by atoms with van der Waals surface area (Å²) in [5, 5.41) is 9.44. The molecule has 13 heteroatoms. The fraction of sp³-hybridized carbons (Fsp3) is 0.604. The second-order valence-electron chi connectivity index (χ2n) is 18.3. The van der Waals surface area contributed by atoms with Crippen molar-refractivity contribution < 1.29 is 33.2 Å². The van der Waals surface area contributed by atoms with Gasteiger partial charge in [-0.05, 0) is 92.2 Å². The molecule has 66 heavy (non-hydrogen) atoms. The maximum absolute atomic E-state index is 13.6. The van der Waals surface area contributed by atoms with Gasteiger partial charge in [0.05, 0.1) is 32.9 Å². The Hall–Kier alpha value is -4.22. The number of aromatic nitrogens is 2. The van der Waals surface area contributed by atoms with Gasteiger partial charge in [-0.3, -0.25) is 44.1 Å². The van der Waals surface area contributed by atoms with E-state index < -0.39 is 35.5 Å². The first-order valence-electron chi connectivity index (χ1n) is 24.2. The number of aromatic amines is 1. The van der Waals surface area contributed by atoms with Crippen LogP contribution in [0.2, 0.25) is 10.0 Å². The number of Topliss-reactive ketones (excluding diaryl/α,β-unsaturated/α-hetero) is 2. The third kappa shape index (κ3) is 20.3. The quantitative estimate of drug-likeness (QED) is 0.0953. The van der Waals surface area contributed by atoms with Gasteiger partial charge in [-0.15, -0.1) is 0 Å². The number of rotatable bonds is 18. The lowest BCUT2D eigenvalue weighted by molar-refractivity contribution is -0.136. The summed E-state index contributed by atoms with van der Waals surface area (Å²) in [6, 6.07) is 6.37. The van der Waals surface area contributed by atoms with Crippen LogP contribution in [0, 0.1) is 43.3 Å². The summed E-state index contributed by atoms with van der Waals surface area (Å²) in [4.78, 5) is 71.1. The van der Waals surface area contributed by atoms with Crippen LogP contribution in [-0.2, 0) is 9.59 Å². The molecular weight excluding hydrogens is 879 g/mol. The van der Waals surface area contributed by atoms with E-state index in [-0.39, 0.29) is 41.1 Å². The number of nitrogens with zero attached hydrogens (tertiary/aromatic N) is 2. The van der Waals surface area contributed by atoms with Crippen LogP contribution in [-0.4, -0.2) is 56.3 Å². The number of benzene rings is 2. The van der Waals surface area contributed by atoms with Gasteiger partial charge in [0, 0.05) is 19.3 Å². The number of carbonyl (C=O) groups excluding carboxylic acids is 6. The molecule has 1 fully saturated rings. The molecule has 10 nitrogen and oxygen atoms in total. The molecule has 0 radical (unpaired) electrons. The first-order valence-corrected chi connectivity index (χ1v) is 25.0. The van der Waals surface area contributed by atoms with Crippen LogP contribution in [0.3, 0.4) is 0 Å². The lowest BCUT2D eigenvalue weighted by Gasteiger charge is -2.27. The van der Waals surface area contributed by atoms with Crippen LogP contribution in [0.15, 0.2) is 36.5 Å². The van der Waals surface area contributed by atoms with E-state index in [2.05, 4.69) is 70.9 Å².